The Labute approximate surface area is 96.0 Å². The van der Waals surface area contributed by atoms with Crippen LogP contribution in [0.2, 0.25) is 0 Å². The molecule has 0 bridgehead atoms. The van der Waals surface area contributed by atoms with E-state index in [0.717, 1.165) is 20.7 Å². The molecule has 2 rings (SSSR count). The highest BCUT2D eigenvalue weighted by Gasteiger charge is 2.27. The van der Waals surface area contributed by atoms with Crippen LogP contribution in [0.3, 0.4) is 0 Å². The molecule has 1 fully saturated rings. The van der Waals surface area contributed by atoms with E-state index in [1.165, 1.54) is 32.1 Å². The first-order valence-electron chi connectivity index (χ1n) is 6.33. The maximum atomic E-state index is 2.43. The van der Waals surface area contributed by atoms with Gasteiger partial charge in [0.05, 0.1) is 0 Å². The van der Waals surface area contributed by atoms with Gasteiger partial charge in [0, 0.05) is 5.16 Å². The van der Waals surface area contributed by atoms with E-state index in [0.29, 0.717) is 5.16 Å². The third-order valence-corrected chi connectivity index (χ3v) is 5.66. The molecule has 84 valence electrons. The van der Waals surface area contributed by atoms with E-state index in [2.05, 4.69) is 32.1 Å². The molecular weight excluding hydrogens is 199 g/mol. The molecule has 0 nitrogen and oxygen atoms in total. The molecule has 0 saturated heterocycles. The van der Waals surface area contributed by atoms with E-state index in [-0.39, 0.29) is 0 Å². The Morgan fingerprint density at radius 2 is 1.93 bits per heavy atom. The summed E-state index contributed by atoms with van der Waals surface area (Å²) in [6.45, 7) is 4.86. The van der Waals surface area contributed by atoms with Gasteiger partial charge in [-0.2, -0.15) is 0 Å². The maximum Gasteiger partial charge on any atom is 0.00692 e. The summed E-state index contributed by atoms with van der Waals surface area (Å²) in [4.78, 5) is 0. The predicted molar refractivity (Wildman–Crippen MR) is 71.1 cm³/mol. The van der Waals surface area contributed by atoms with Crippen LogP contribution in [-0.4, -0.2) is 10.8 Å². The Balaban J connectivity index is 1.93. The van der Waals surface area contributed by atoms with Crippen molar-refractivity contribution in [1.29, 1.82) is 0 Å². The normalized spacial score (nSPS) is 24.0. The van der Waals surface area contributed by atoms with Crippen LogP contribution < -0.4 is 0 Å². The molecule has 0 aliphatic heterocycles. The molecule has 2 aliphatic rings. The van der Waals surface area contributed by atoms with Gasteiger partial charge < -0.3 is 0 Å². The molecule has 0 aromatic heterocycles. The SMILES string of the molecule is CC(C)(PC1CCCCC1)C1=CCC=C1. The van der Waals surface area contributed by atoms with E-state index in [9.17, 15) is 0 Å². The van der Waals surface area contributed by atoms with Crippen LogP contribution in [0.1, 0.15) is 52.4 Å². The molecule has 0 spiro atoms. The Hall–Kier alpha value is -0.0900. The molecule has 0 N–H and O–H groups in total. The van der Waals surface area contributed by atoms with Gasteiger partial charge in [-0.3, -0.25) is 0 Å². The molecule has 2 aliphatic carbocycles. The molecule has 1 saturated carbocycles. The summed E-state index contributed by atoms with van der Waals surface area (Å²) >= 11 is 0. The van der Waals surface area contributed by atoms with Crippen molar-refractivity contribution in [3.05, 3.63) is 23.8 Å². The minimum absolute atomic E-state index is 0.439. The minimum atomic E-state index is 0.439. The van der Waals surface area contributed by atoms with Gasteiger partial charge >= 0.3 is 0 Å². The molecule has 1 heteroatoms. The summed E-state index contributed by atoms with van der Waals surface area (Å²) in [5, 5.41) is 0.439. The summed E-state index contributed by atoms with van der Waals surface area (Å²) in [6, 6.07) is 0. The average Bonchev–Trinajstić information content (AvgIpc) is 2.71. The van der Waals surface area contributed by atoms with E-state index >= 15 is 0 Å². The Bertz CT molecular complexity index is 267. The van der Waals surface area contributed by atoms with Crippen molar-refractivity contribution in [2.45, 2.75) is 63.2 Å². The van der Waals surface area contributed by atoms with Crippen LogP contribution in [0.4, 0.5) is 0 Å². The summed E-state index contributed by atoms with van der Waals surface area (Å²) in [6.07, 6.45) is 15.6. The first kappa shape index (κ1) is 11.4. The molecule has 1 unspecified atom stereocenters. The molecule has 1 atom stereocenters. The molecule has 0 heterocycles. The Kier molecular flexibility index (Phi) is 3.67. The number of hydrogen-bond acceptors (Lipinski definition) is 0. The topological polar surface area (TPSA) is 0 Å². The van der Waals surface area contributed by atoms with Gasteiger partial charge in [0.2, 0.25) is 0 Å². The highest BCUT2D eigenvalue weighted by Crippen LogP contribution is 2.47. The smallest absolute Gasteiger partial charge is 0.00692 e. The van der Waals surface area contributed by atoms with Crippen molar-refractivity contribution < 1.29 is 0 Å². The largest absolute Gasteiger partial charge is 0.108 e. The first-order chi connectivity index (χ1) is 7.18. The van der Waals surface area contributed by atoms with Crippen LogP contribution >= 0.6 is 8.58 Å². The molecular formula is C14H23P. The highest BCUT2D eigenvalue weighted by molar-refractivity contribution is 7.41. The van der Waals surface area contributed by atoms with Crippen molar-refractivity contribution in [3.63, 3.8) is 0 Å². The van der Waals surface area contributed by atoms with Crippen LogP contribution in [0.15, 0.2) is 23.8 Å². The van der Waals surface area contributed by atoms with Gasteiger partial charge in [-0.25, -0.2) is 0 Å². The van der Waals surface area contributed by atoms with Crippen molar-refractivity contribution in [3.8, 4) is 0 Å². The summed E-state index contributed by atoms with van der Waals surface area (Å²) in [5.74, 6) is 0. The number of hydrogen-bond donors (Lipinski definition) is 0. The van der Waals surface area contributed by atoms with Crippen molar-refractivity contribution in [1.82, 2.24) is 0 Å². The van der Waals surface area contributed by atoms with Gasteiger partial charge in [0.25, 0.3) is 0 Å². The summed E-state index contributed by atoms with van der Waals surface area (Å²) in [5.41, 5.74) is 2.61. The molecule has 0 amide bonds. The van der Waals surface area contributed by atoms with Crippen LogP contribution in [0.5, 0.6) is 0 Å². The van der Waals surface area contributed by atoms with Gasteiger partial charge in [0.15, 0.2) is 0 Å². The average molecular weight is 222 g/mol. The number of allylic oxidation sites excluding steroid dienone is 4. The fourth-order valence-corrected chi connectivity index (χ4v) is 4.83. The quantitative estimate of drug-likeness (QED) is 0.609. The first-order valence-corrected chi connectivity index (χ1v) is 7.41. The van der Waals surface area contributed by atoms with Gasteiger partial charge in [-0.15, -0.1) is 8.58 Å². The summed E-state index contributed by atoms with van der Waals surface area (Å²) in [7, 11) is 1.12. The Morgan fingerprint density at radius 1 is 1.20 bits per heavy atom. The zero-order valence-electron chi connectivity index (χ0n) is 10.1. The molecule has 15 heavy (non-hydrogen) atoms. The van der Waals surface area contributed by atoms with Crippen LogP contribution in [0, 0.1) is 0 Å². The molecule has 0 aromatic carbocycles. The van der Waals surface area contributed by atoms with Crippen LogP contribution in [0.25, 0.3) is 0 Å². The van der Waals surface area contributed by atoms with E-state index in [4.69, 9.17) is 0 Å². The second kappa shape index (κ2) is 4.83. The second-order valence-electron chi connectivity index (χ2n) is 5.40. The summed E-state index contributed by atoms with van der Waals surface area (Å²) < 4.78 is 0. The van der Waals surface area contributed by atoms with Gasteiger partial charge in [-0.05, 0) is 30.5 Å². The third-order valence-electron chi connectivity index (χ3n) is 3.66. The lowest BCUT2D eigenvalue weighted by atomic mass is 10.0. The van der Waals surface area contributed by atoms with Crippen molar-refractivity contribution >= 4 is 8.58 Å². The maximum absolute atomic E-state index is 2.43. The van der Waals surface area contributed by atoms with Gasteiger partial charge in [0.1, 0.15) is 0 Å². The monoisotopic (exact) mass is 222 g/mol. The highest BCUT2D eigenvalue weighted by atomic mass is 31.1. The third kappa shape index (κ3) is 2.94. The van der Waals surface area contributed by atoms with E-state index in [1.807, 2.05) is 0 Å². The second-order valence-corrected chi connectivity index (χ2v) is 7.76. The van der Waals surface area contributed by atoms with Crippen molar-refractivity contribution in [2.24, 2.45) is 0 Å². The zero-order valence-corrected chi connectivity index (χ0v) is 11.1. The zero-order chi connectivity index (χ0) is 10.7. The standard InChI is InChI=1S/C14H23P/c1-14(2,12-8-6-7-9-12)15-13-10-4-3-5-11-13/h6,8-9,13,15H,3-5,7,10-11H2,1-2H3. The van der Waals surface area contributed by atoms with E-state index in [1.54, 1.807) is 5.57 Å². The van der Waals surface area contributed by atoms with Crippen molar-refractivity contribution in [2.75, 3.05) is 0 Å². The van der Waals surface area contributed by atoms with E-state index < -0.39 is 0 Å². The fraction of sp³-hybridized carbons (Fsp3) is 0.714. The fourth-order valence-electron chi connectivity index (χ4n) is 2.76. The molecule has 0 aromatic rings. The predicted octanol–water partition coefficient (Wildman–Crippen LogP) is 4.66. The Morgan fingerprint density at radius 3 is 2.53 bits per heavy atom. The molecule has 0 radical (unpaired) electrons. The van der Waals surface area contributed by atoms with Gasteiger partial charge in [-0.1, -0.05) is 51.3 Å². The number of rotatable bonds is 3. The minimum Gasteiger partial charge on any atom is -0.108 e. The lowest BCUT2D eigenvalue weighted by molar-refractivity contribution is 0.510. The van der Waals surface area contributed by atoms with Crippen LogP contribution in [-0.2, 0) is 0 Å². The lowest BCUT2D eigenvalue weighted by Crippen LogP contribution is -2.20. The lowest BCUT2D eigenvalue weighted by Gasteiger charge is -2.32.